The smallest absolute Gasteiger partial charge is 0.251 e. The number of ether oxygens (including phenoxy) is 1. The van der Waals surface area contributed by atoms with Gasteiger partial charge in [-0.25, -0.2) is 0 Å². The number of rotatable bonds is 6. The second-order valence-corrected chi connectivity index (χ2v) is 6.41. The van der Waals surface area contributed by atoms with Crippen molar-refractivity contribution < 1.29 is 9.53 Å². The third kappa shape index (κ3) is 4.46. The van der Waals surface area contributed by atoms with Gasteiger partial charge in [0.1, 0.15) is 0 Å². The number of nitrogens with zero attached hydrogens (tertiary/aromatic N) is 3. The topological polar surface area (TPSA) is 59.4 Å². The summed E-state index contributed by atoms with van der Waals surface area (Å²) in [5.74, 6) is -0.0172. The van der Waals surface area contributed by atoms with Crippen LogP contribution in [-0.4, -0.2) is 60.0 Å². The summed E-state index contributed by atoms with van der Waals surface area (Å²) in [4.78, 5) is 14.6. The lowest BCUT2D eigenvalue weighted by Crippen LogP contribution is -2.38. The van der Waals surface area contributed by atoms with Gasteiger partial charge in [0.15, 0.2) is 0 Å². The van der Waals surface area contributed by atoms with Crippen molar-refractivity contribution in [3.8, 4) is 11.1 Å². The van der Waals surface area contributed by atoms with Gasteiger partial charge in [-0.05, 0) is 37.6 Å². The Morgan fingerprint density at radius 1 is 1.24 bits per heavy atom. The molecule has 3 rings (SSSR count). The molecule has 1 aliphatic rings. The molecule has 1 amide bonds. The van der Waals surface area contributed by atoms with Gasteiger partial charge in [0.25, 0.3) is 5.91 Å². The van der Waals surface area contributed by atoms with Crippen LogP contribution in [0.2, 0.25) is 0 Å². The molecule has 0 saturated carbocycles. The fourth-order valence-electron chi connectivity index (χ4n) is 3.01. The fraction of sp³-hybridized carbons (Fsp3) is 0.474. The normalized spacial score (nSPS) is 15.3. The number of hydrogen-bond acceptors (Lipinski definition) is 4. The maximum Gasteiger partial charge on any atom is 0.251 e. The van der Waals surface area contributed by atoms with Crippen molar-refractivity contribution >= 4 is 5.91 Å². The highest BCUT2D eigenvalue weighted by Gasteiger charge is 2.11. The second-order valence-electron chi connectivity index (χ2n) is 6.41. The van der Waals surface area contributed by atoms with Gasteiger partial charge in [-0.3, -0.25) is 14.4 Å². The minimum absolute atomic E-state index is 0.0172. The van der Waals surface area contributed by atoms with Crippen molar-refractivity contribution in [3.63, 3.8) is 0 Å². The van der Waals surface area contributed by atoms with Crippen LogP contribution in [0.1, 0.15) is 22.5 Å². The Hall–Kier alpha value is -2.18. The maximum atomic E-state index is 12.3. The monoisotopic (exact) mass is 342 g/mol. The predicted molar refractivity (Wildman–Crippen MR) is 97.6 cm³/mol. The van der Waals surface area contributed by atoms with Gasteiger partial charge in [-0.2, -0.15) is 5.10 Å². The van der Waals surface area contributed by atoms with Crippen LogP contribution in [-0.2, 0) is 11.8 Å². The van der Waals surface area contributed by atoms with Gasteiger partial charge in [0, 0.05) is 43.5 Å². The highest BCUT2D eigenvalue weighted by atomic mass is 16.5. The van der Waals surface area contributed by atoms with Crippen molar-refractivity contribution in [2.45, 2.75) is 13.3 Å². The number of carbonyl (C=O) groups excluding carboxylic acids is 1. The number of benzene rings is 1. The van der Waals surface area contributed by atoms with Crippen LogP contribution in [0.15, 0.2) is 30.5 Å². The summed E-state index contributed by atoms with van der Waals surface area (Å²) < 4.78 is 7.19. The number of amides is 1. The highest BCUT2D eigenvalue weighted by Crippen LogP contribution is 2.22. The Morgan fingerprint density at radius 2 is 1.96 bits per heavy atom. The molecule has 0 radical (unpaired) electrons. The zero-order chi connectivity index (χ0) is 17.6. The van der Waals surface area contributed by atoms with Crippen LogP contribution in [0.25, 0.3) is 11.1 Å². The zero-order valence-corrected chi connectivity index (χ0v) is 15.0. The summed E-state index contributed by atoms with van der Waals surface area (Å²) >= 11 is 0. The van der Waals surface area contributed by atoms with Crippen molar-refractivity contribution in [2.24, 2.45) is 7.05 Å². The van der Waals surface area contributed by atoms with E-state index in [1.54, 1.807) is 0 Å². The molecule has 0 bridgehead atoms. The first-order valence-corrected chi connectivity index (χ1v) is 8.82. The lowest BCUT2D eigenvalue weighted by Gasteiger charge is -2.26. The zero-order valence-electron chi connectivity index (χ0n) is 15.0. The number of morpholine rings is 1. The summed E-state index contributed by atoms with van der Waals surface area (Å²) in [5, 5.41) is 7.26. The molecule has 2 heterocycles. The van der Waals surface area contributed by atoms with E-state index in [1.165, 1.54) is 0 Å². The van der Waals surface area contributed by atoms with E-state index in [0.717, 1.165) is 56.1 Å². The van der Waals surface area contributed by atoms with Crippen LogP contribution in [0.4, 0.5) is 0 Å². The van der Waals surface area contributed by atoms with E-state index in [1.807, 2.05) is 49.1 Å². The highest BCUT2D eigenvalue weighted by molar-refractivity contribution is 5.94. The third-order valence-corrected chi connectivity index (χ3v) is 4.73. The molecule has 6 heteroatoms. The Kier molecular flexibility index (Phi) is 5.83. The molecule has 1 N–H and O–H groups in total. The summed E-state index contributed by atoms with van der Waals surface area (Å²) in [7, 11) is 1.93. The van der Waals surface area contributed by atoms with E-state index in [2.05, 4.69) is 15.3 Å². The van der Waals surface area contributed by atoms with Crippen LogP contribution in [0, 0.1) is 6.92 Å². The molecule has 1 saturated heterocycles. The molecule has 0 atom stereocenters. The Balaban J connectivity index is 1.48. The van der Waals surface area contributed by atoms with Crippen molar-refractivity contribution in [1.29, 1.82) is 0 Å². The number of aromatic nitrogens is 2. The molecule has 1 aromatic carbocycles. The van der Waals surface area contributed by atoms with Crippen molar-refractivity contribution in [1.82, 2.24) is 20.0 Å². The Bertz CT molecular complexity index is 703. The number of nitrogens with one attached hydrogen (secondary N) is 1. The number of aryl methyl sites for hydroxylation is 1. The standard InChI is InChI=1S/C19H26N4O2/c1-15-18(14-21-22(15)2)16-4-6-17(7-5-16)19(24)20-8-3-9-23-10-12-25-13-11-23/h4-7,14H,3,8-13H2,1-2H3,(H,20,24). The van der Waals surface area contributed by atoms with E-state index in [0.29, 0.717) is 12.1 Å². The van der Waals surface area contributed by atoms with Gasteiger partial charge in [0.05, 0.1) is 19.4 Å². The van der Waals surface area contributed by atoms with Crippen LogP contribution in [0.5, 0.6) is 0 Å². The van der Waals surface area contributed by atoms with Crippen LogP contribution < -0.4 is 5.32 Å². The predicted octanol–water partition coefficient (Wildman–Crippen LogP) is 1.85. The molecule has 0 aliphatic carbocycles. The fourth-order valence-corrected chi connectivity index (χ4v) is 3.01. The molecule has 6 nitrogen and oxygen atoms in total. The first kappa shape index (κ1) is 17.6. The quantitative estimate of drug-likeness (QED) is 0.814. The van der Waals surface area contributed by atoms with Crippen molar-refractivity contribution in [3.05, 3.63) is 41.7 Å². The van der Waals surface area contributed by atoms with E-state index >= 15 is 0 Å². The molecule has 1 fully saturated rings. The van der Waals surface area contributed by atoms with Crippen LogP contribution in [0.3, 0.4) is 0 Å². The maximum absolute atomic E-state index is 12.3. The third-order valence-electron chi connectivity index (χ3n) is 4.73. The molecular formula is C19H26N4O2. The lowest BCUT2D eigenvalue weighted by atomic mass is 10.0. The molecule has 1 aliphatic heterocycles. The van der Waals surface area contributed by atoms with E-state index in [9.17, 15) is 4.79 Å². The molecular weight excluding hydrogens is 316 g/mol. The molecule has 2 aromatic rings. The second kappa shape index (κ2) is 8.27. The largest absolute Gasteiger partial charge is 0.379 e. The summed E-state index contributed by atoms with van der Waals surface area (Å²) in [6.45, 7) is 7.34. The molecule has 0 unspecified atom stereocenters. The summed E-state index contributed by atoms with van der Waals surface area (Å²) in [6, 6.07) is 7.71. The Morgan fingerprint density at radius 3 is 2.60 bits per heavy atom. The summed E-state index contributed by atoms with van der Waals surface area (Å²) in [5.41, 5.74) is 3.98. The minimum atomic E-state index is -0.0172. The van der Waals surface area contributed by atoms with Crippen molar-refractivity contribution in [2.75, 3.05) is 39.4 Å². The van der Waals surface area contributed by atoms with Gasteiger partial charge < -0.3 is 10.1 Å². The number of carbonyl (C=O) groups is 1. The van der Waals surface area contributed by atoms with Crippen LogP contribution >= 0.6 is 0 Å². The van der Waals surface area contributed by atoms with E-state index < -0.39 is 0 Å². The molecule has 0 spiro atoms. The minimum Gasteiger partial charge on any atom is -0.379 e. The average Bonchev–Trinajstić information content (AvgIpc) is 2.98. The molecule has 25 heavy (non-hydrogen) atoms. The lowest BCUT2D eigenvalue weighted by molar-refractivity contribution is 0.0374. The molecule has 134 valence electrons. The van der Waals surface area contributed by atoms with E-state index in [-0.39, 0.29) is 5.91 Å². The van der Waals surface area contributed by atoms with E-state index in [4.69, 9.17) is 4.74 Å². The average molecular weight is 342 g/mol. The summed E-state index contributed by atoms with van der Waals surface area (Å²) in [6.07, 6.45) is 2.81. The van der Waals surface area contributed by atoms with Gasteiger partial charge in [0.2, 0.25) is 0 Å². The van der Waals surface area contributed by atoms with Gasteiger partial charge in [-0.15, -0.1) is 0 Å². The SMILES string of the molecule is Cc1c(-c2ccc(C(=O)NCCCN3CCOCC3)cc2)cnn1C. The van der Waals surface area contributed by atoms with Gasteiger partial charge >= 0.3 is 0 Å². The van der Waals surface area contributed by atoms with Gasteiger partial charge in [-0.1, -0.05) is 12.1 Å². The first-order chi connectivity index (χ1) is 12.1. The first-order valence-electron chi connectivity index (χ1n) is 8.82. The molecule has 1 aromatic heterocycles. The Labute approximate surface area is 148 Å². The number of hydrogen-bond donors (Lipinski definition) is 1.